The highest BCUT2D eigenvalue weighted by Gasteiger charge is 2.00. The molecule has 0 atom stereocenters. The maximum atomic E-state index is 5.16. The molecule has 1 aromatic rings. The maximum absolute atomic E-state index is 5.16. The highest BCUT2D eigenvalue weighted by atomic mass is 14.9. The minimum atomic E-state index is 0.477. The summed E-state index contributed by atoms with van der Waals surface area (Å²) >= 11 is 0. The number of terminal acetylenes is 1. The molecule has 0 spiro atoms. The van der Waals surface area contributed by atoms with Gasteiger partial charge in [-0.25, -0.2) is 9.97 Å². The van der Waals surface area contributed by atoms with Crippen LogP contribution in [-0.4, -0.2) is 9.97 Å². The van der Waals surface area contributed by atoms with Gasteiger partial charge in [-0.2, -0.15) is 0 Å². The predicted octanol–water partition coefficient (Wildman–Crippen LogP) is 1.38. The van der Waals surface area contributed by atoms with Crippen LogP contribution in [0.2, 0.25) is 0 Å². The van der Waals surface area contributed by atoms with E-state index < -0.39 is 0 Å². The Morgan fingerprint density at radius 1 is 1.09 bits per heavy atom. The van der Waals surface area contributed by atoms with Crippen LogP contribution >= 0.6 is 0 Å². The van der Waals surface area contributed by atoms with Gasteiger partial charge in [-0.3, -0.25) is 0 Å². The molecule has 0 unspecified atom stereocenters. The van der Waals surface area contributed by atoms with E-state index in [1.807, 2.05) is 20.8 Å². The molecule has 11 heavy (non-hydrogen) atoms. The van der Waals surface area contributed by atoms with Crippen LogP contribution in [-0.2, 0) is 0 Å². The second kappa shape index (κ2) is 2.71. The first-order valence-electron chi connectivity index (χ1n) is 3.43. The molecule has 0 N–H and O–H groups in total. The highest BCUT2D eigenvalue weighted by Crippen LogP contribution is 2.06. The van der Waals surface area contributed by atoms with Gasteiger partial charge in [-0.1, -0.05) is 0 Å². The van der Waals surface area contributed by atoms with Gasteiger partial charge in [0.1, 0.15) is 0 Å². The van der Waals surface area contributed by atoms with Crippen molar-refractivity contribution in [2.45, 2.75) is 20.8 Å². The molecule has 0 aliphatic heterocycles. The predicted molar refractivity (Wildman–Crippen MR) is 44.2 cm³/mol. The third-order valence-electron chi connectivity index (χ3n) is 1.76. The van der Waals surface area contributed by atoms with Crippen molar-refractivity contribution in [3.63, 3.8) is 0 Å². The average Bonchev–Trinajstić information content (AvgIpc) is 1.99. The van der Waals surface area contributed by atoms with E-state index >= 15 is 0 Å². The van der Waals surface area contributed by atoms with Crippen LogP contribution in [0.4, 0.5) is 0 Å². The molecule has 1 rings (SSSR count). The van der Waals surface area contributed by atoms with Crippen molar-refractivity contribution in [2.24, 2.45) is 0 Å². The molecule has 0 aromatic carbocycles. The molecule has 2 heteroatoms. The van der Waals surface area contributed by atoms with Gasteiger partial charge in [0.25, 0.3) is 0 Å². The second-order valence-electron chi connectivity index (χ2n) is 2.49. The topological polar surface area (TPSA) is 25.8 Å². The van der Waals surface area contributed by atoms with Gasteiger partial charge < -0.3 is 0 Å². The standard InChI is InChI=1S/C9H10N2/c1-5-9-10-7(3)6(2)8(4)11-9/h1H,2-4H3. The van der Waals surface area contributed by atoms with E-state index in [1.54, 1.807) is 0 Å². The fraction of sp³-hybridized carbons (Fsp3) is 0.333. The Morgan fingerprint density at radius 2 is 1.55 bits per heavy atom. The number of rotatable bonds is 0. The van der Waals surface area contributed by atoms with Crippen LogP contribution in [0.5, 0.6) is 0 Å². The molecule has 0 aliphatic carbocycles. The van der Waals surface area contributed by atoms with Crippen LogP contribution in [0.3, 0.4) is 0 Å². The lowest BCUT2D eigenvalue weighted by molar-refractivity contribution is 0.990. The minimum absolute atomic E-state index is 0.477. The largest absolute Gasteiger partial charge is 0.226 e. The molecular formula is C9H10N2. The molecule has 2 nitrogen and oxygen atoms in total. The summed E-state index contributed by atoms with van der Waals surface area (Å²) in [6.07, 6.45) is 5.16. The third kappa shape index (κ3) is 1.38. The van der Waals surface area contributed by atoms with E-state index in [0.717, 1.165) is 17.0 Å². The van der Waals surface area contributed by atoms with Crippen molar-refractivity contribution in [3.8, 4) is 12.3 Å². The summed E-state index contributed by atoms with van der Waals surface area (Å²) in [5, 5.41) is 0. The Bertz CT molecular complexity index is 298. The summed E-state index contributed by atoms with van der Waals surface area (Å²) in [5.74, 6) is 2.89. The zero-order valence-corrected chi connectivity index (χ0v) is 6.97. The van der Waals surface area contributed by atoms with Gasteiger partial charge in [0.05, 0.1) is 0 Å². The molecular weight excluding hydrogens is 136 g/mol. The Labute approximate surface area is 66.7 Å². The SMILES string of the molecule is C#Cc1nc(C)c(C)c(C)n1. The Balaban J connectivity index is 3.35. The molecule has 1 heterocycles. The van der Waals surface area contributed by atoms with Crippen molar-refractivity contribution in [3.05, 3.63) is 22.8 Å². The molecule has 0 bridgehead atoms. The van der Waals surface area contributed by atoms with E-state index in [-0.39, 0.29) is 0 Å². The van der Waals surface area contributed by atoms with Crippen LogP contribution in [0, 0.1) is 33.1 Å². The van der Waals surface area contributed by atoms with Gasteiger partial charge >= 0.3 is 0 Å². The van der Waals surface area contributed by atoms with Crippen molar-refractivity contribution < 1.29 is 0 Å². The number of hydrogen-bond donors (Lipinski definition) is 0. The van der Waals surface area contributed by atoms with E-state index in [9.17, 15) is 0 Å². The Kier molecular flexibility index (Phi) is 1.91. The second-order valence-corrected chi connectivity index (χ2v) is 2.49. The fourth-order valence-corrected chi connectivity index (χ4v) is 0.837. The van der Waals surface area contributed by atoms with Crippen molar-refractivity contribution in [1.82, 2.24) is 9.97 Å². The van der Waals surface area contributed by atoms with Crippen LogP contribution in [0.25, 0.3) is 0 Å². The smallest absolute Gasteiger partial charge is 0.205 e. The van der Waals surface area contributed by atoms with Crippen LogP contribution < -0.4 is 0 Å². The summed E-state index contributed by atoms with van der Waals surface area (Å²) < 4.78 is 0. The number of aromatic nitrogens is 2. The van der Waals surface area contributed by atoms with Crippen LogP contribution in [0.1, 0.15) is 22.8 Å². The average molecular weight is 146 g/mol. The zero-order chi connectivity index (χ0) is 8.43. The van der Waals surface area contributed by atoms with Crippen molar-refractivity contribution in [2.75, 3.05) is 0 Å². The number of aryl methyl sites for hydroxylation is 2. The molecule has 0 amide bonds. The first-order valence-corrected chi connectivity index (χ1v) is 3.43. The summed E-state index contributed by atoms with van der Waals surface area (Å²) in [6.45, 7) is 5.86. The molecule has 0 radical (unpaired) electrons. The van der Waals surface area contributed by atoms with E-state index in [1.165, 1.54) is 0 Å². The lowest BCUT2D eigenvalue weighted by Crippen LogP contribution is -1.98. The summed E-state index contributed by atoms with van der Waals surface area (Å²) in [4.78, 5) is 8.21. The molecule has 56 valence electrons. The summed E-state index contributed by atoms with van der Waals surface area (Å²) in [6, 6.07) is 0. The van der Waals surface area contributed by atoms with Gasteiger partial charge in [0.2, 0.25) is 5.82 Å². The van der Waals surface area contributed by atoms with Crippen molar-refractivity contribution >= 4 is 0 Å². The maximum Gasteiger partial charge on any atom is 0.205 e. The van der Waals surface area contributed by atoms with Gasteiger partial charge in [-0.05, 0) is 32.3 Å². The van der Waals surface area contributed by atoms with E-state index in [2.05, 4.69) is 15.9 Å². The van der Waals surface area contributed by atoms with Gasteiger partial charge in [-0.15, -0.1) is 6.42 Å². The van der Waals surface area contributed by atoms with E-state index in [0.29, 0.717) is 5.82 Å². The van der Waals surface area contributed by atoms with E-state index in [4.69, 9.17) is 6.42 Å². The monoisotopic (exact) mass is 146 g/mol. The Morgan fingerprint density at radius 3 is 1.91 bits per heavy atom. The van der Waals surface area contributed by atoms with Gasteiger partial charge in [0.15, 0.2) is 0 Å². The molecule has 0 saturated heterocycles. The molecule has 0 aliphatic rings. The fourth-order valence-electron chi connectivity index (χ4n) is 0.837. The lowest BCUT2D eigenvalue weighted by atomic mass is 10.2. The lowest BCUT2D eigenvalue weighted by Gasteiger charge is -2.01. The first kappa shape index (κ1) is 7.74. The first-order chi connectivity index (χ1) is 5.15. The third-order valence-corrected chi connectivity index (χ3v) is 1.76. The minimum Gasteiger partial charge on any atom is -0.226 e. The zero-order valence-electron chi connectivity index (χ0n) is 6.97. The number of nitrogens with zero attached hydrogens (tertiary/aromatic N) is 2. The number of hydrogen-bond acceptors (Lipinski definition) is 2. The normalized spacial score (nSPS) is 9.27. The Hall–Kier alpha value is -1.36. The summed E-state index contributed by atoms with van der Waals surface area (Å²) in [7, 11) is 0. The highest BCUT2D eigenvalue weighted by molar-refractivity contribution is 5.27. The van der Waals surface area contributed by atoms with Crippen LogP contribution in [0.15, 0.2) is 0 Å². The molecule has 0 saturated carbocycles. The van der Waals surface area contributed by atoms with Gasteiger partial charge in [0, 0.05) is 11.4 Å². The quantitative estimate of drug-likeness (QED) is 0.517. The van der Waals surface area contributed by atoms with Crippen molar-refractivity contribution in [1.29, 1.82) is 0 Å². The summed E-state index contributed by atoms with van der Waals surface area (Å²) in [5.41, 5.74) is 3.04. The molecule has 1 aromatic heterocycles. The molecule has 0 fully saturated rings.